The fourth-order valence-corrected chi connectivity index (χ4v) is 5.02. The normalized spacial score (nSPS) is 16.3. The van der Waals surface area contributed by atoms with Gasteiger partial charge in [0.1, 0.15) is 6.61 Å². The zero-order chi connectivity index (χ0) is 20.4. The highest BCUT2D eigenvalue weighted by Gasteiger charge is 2.33. The van der Waals surface area contributed by atoms with Crippen LogP contribution >= 0.6 is 22.7 Å². The van der Waals surface area contributed by atoms with Gasteiger partial charge in [-0.15, -0.1) is 11.3 Å². The first-order valence-corrected chi connectivity index (χ1v) is 10.7. The largest absolute Gasteiger partial charge is 0.458 e. The average Bonchev–Trinajstić information content (AvgIpc) is 3.34. The summed E-state index contributed by atoms with van der Waals surface area (Å²) in [5, 5.41) is 1.97. The molecule has 29 heavy (non-hydrogen) atoms. The second-order valence-corrected chi connectivity index (χ2v) is 8.38. The van der Waals surface area contributed by atoms with Crippen molar-refractivity contribution < 1.29 is 9.53 Å². The lowest BCUT2D eigenvalue weighted by molar-refractivity contribution is -0.138. The van der Waals surface area contributed by atoms with E-state index in [2.05, 4.69) is 11.6 Å². The maximum atomic E-state index is 13.3. The van der Waals surface area contributed by atoms with Crippen LogP contribution in [0.4, 0.5) is 0 Å². The first kappa shape index (κ1) is 19.3. The van der Waals surface area contributed by atoms with Crippen molar-refractivity contribution in [2.24, 2.45) is 4.99 Å². The van der Waals surface area contributed by atoms with Crippen molar-refractivity contribution in [1.29, 1.82) is 0 Å². The van der Waals surface area contributed by atoms with Crippen LogP contribution in [0.5, 0.6) is 0 Å². The molecule has 1 atom stereocenters. The smallest absolute Gasteiger partial charge is 0.338 e. The molecule has 1 unspecified atom stereocenters. The van der Waals surface area contributed by atoms with Crippen molar-refractivity contribution in [3.05, 3.63) is 102 Å². The third-order valence-corrected chi connectivity index (χ3v) is 6.31. The predicted molar refractivity (Wildman–Crippen MR) is 116 cm³/mol. The lowest BCUT2D eigenvalue weighted by Crippen LogP contribution is -2.39. The molecular weight excluding hydrogens is 404 g/mol. The Labute approximate surface area is 175 Å². The van der Waals surface area contributed by atoms with E-state index in [1.165, 1.54) is 17.4 Å². The third-order valence-electron chi connectivity index (χ3n) is 4.51. The quantitative estimate of drug-likeness (QED) is 0.469. The Morgan fingerprint density at radius 3 is 2.76 bits per heavy atom. The van der Waals surface area contributed by atoms with Crippen LogP contribution in [0.25, 0.3) is 6.08 Å². The number of carbonyl (C=O) groups is 1. The van der Waals surface area contributed by atoms with Crippen molar-refractivity contribution in [3.63, 3.8) is 0 Å². The number of hydrogen-bond acceptors (Lipinski definition) is 6. The minimum Gasteiger partial charge on any atom is -0.458 e. The number of thiophene rings is 1. The first-order valence-electron chi connectivity index (χ1n) is 8.99. The second kappa shape index (κ2) is 8.14. The molecule has 0 saturated carbocycles. The monoisotopic (exact) mass is 422 g/mol. The molecule has 3 aromatic rings. The summed E-state index contributed by atoms with van der Waals surface area (Å²) >= 11 is 2.89. The molecule has 0 aliphatic carbocycles. The number of esters is 1. The molecule has 5 nitrogen and oxygen atoms in total. The van der Waals surface area contributed by atoms with Gasteiger partial charge in [-0.05, 0) is 30.0 Å². The number of benzene rings is 1. The number of ether oxygens (including phenoxy) is 1. The molecule has 0 radical (unpaired) electrons. The van der Waals surface area contributed by atoms with Gasteiger partial charge in [0, 0.05) is 4.88 Å². The average molecular weight is 423 g/mol. The van der Waals surface area contributed by atoms with Crippen molar-refractivity contribution >= 4 is 34.7 Å². The van der Waals surface area contributed by atoms with Crippen LogP contribution < -0.4 is 14.9 Å². The van der Waals surface area contributed by atoms with Gasteiger partial charge in [0.2, 0.25) is 0 Å². The number of carbonyl (C=O) groups excluding carboxylic acids is 1. The van der Waals surface area contributed by atoms with Gasteiger partial charge in [0.05, 0.1) is 21.8 Å². The predicted octanol–water partition coefficient (Wildman–Crippen LogP) is 3.03. The molecule has 0 amide bonds. The number of rotatable bonds is 5. The van der Waals surface area contributed by atoms with Crippen LogP contribution in [0.1, 0.15) is 23.4 Å². The molecule has 3 heterocycles. The number of aromatic nitrogens is 1. The highest BCUT2D eigenvalue weighted by atomic mass is 32.1. The van der Waals surface area contributed by atoms with Crippen LogP contribution in [-0.2, 0) is 9.53 Å². The molecule has 2 aromatic heterocycles. The maximum Gasteiger partial charge on any atom is 0.338 e. The number of hydrogen-bond donors (Lipinski definition) is 0. The van der Waals surface area contributed by atoms with Crippen molar-refractivity contribution in [1.82, 2.24) is 4.57 Å². The minimum absolute atomic E-state index is 0.0971. The van der Waals surface area contributed by atoms with E-state index < -0.39 is 12.0 Å². The Hall–Kier alpha value is -3.03. The number of fused-ring (bicyclic) bond motifs is 1. The molecular formula is C22H18N2O3S2. The van der Waals surface area contributed by atoms with Gasteiger partial charge in [-0.3, -0.25) is 9.36 Å². The van der Waals surface area contributed by atoms with Gasteiger partial charge in [0.25, 0.3) is 5.56 Å². The summed E-state index contributed by atoms with van der Waals surface area (Å²) in [5.41, 5.74) is 1.58. The fraction of sp³-hybridized carbons (Fsp3) is 0.136. The van der Waals surface area contributed by atoms with Gasteiger partial charge < -0.3 is 4.74 Å². The van der Waals surface area contributed by atoms with Crippen LogP contribution in [-0.4, -0.2) is 17.1 Å². The first-order chi connectivity index (χ1) is 14.1. The third kappa shape index (κ3) is 3.66. The van der Waals surface area contributed by atoms with E-state index in [1.807, 2.05) is 53.9 Å². The van der Waals surface area contributed by atoms with E-state index in [0.717, 1.165) is 10.4 Å². The zero-order valence-electron chi connectivity index (χ0n) is 15.7. The number of thiazole rings is 1. The molecule has 146 valence electrons. The fourth-order valence-electron chi connectivity index (χ4n) is 3.25. The van der Waals surface area contributed by atoms with Gasteiger partial charge in [0.15, 0.2) is 4.80 Å². The van der Waals surface area contributed by atoms with Gasteiger partial charge in [-0.1, -0.05) is 60.4 Å². The number of nitrogens with zero attached hydrogens (tertiary/aromatic N) is 2. The summed E-state index contributed by atoms with van der Waals surface area (Å²) < 4.78 is 7.48. The standard InChI is InChI=1S/C22H18N2O3S2/c1-3-11-27-21(26)18-14(2)23-22-24(19(18)15-8-5-4-6-9-15)20(25)17(29-22)13-16-10-7-12-28-16/h3-10,12-13,19H,1,11H2,2H3/b17-13+. The lowest BCUT2D eigenvalue weighted by Gasteiger charge is -2.24. The van der Waals surface area contributed by atoms with E-state index in [1.54, 1.807) is 22.8 Å². The van der Waals surface area contributed by atoms with Crippen molar-refractivity contribution in [3.8, 4) is 0 Å². The highest BCUT2D eigenvalue weighted by Crippen LogP contribution is 2.30. The summed E-state index contributed by atoms with van der Waals surface area (Å²) in [6, 6.07) is 12.8. The molecule has 4 rings (SSSR count). The van der Waals surface area contributed by atoms with Crippen LogP contribution in [0.3, 0.4) is 0 Å². The SMILES string of the molecule is C=CCOC(=O)C1=C(C)N=c2s/c(=C/c3cccs3)c(=O)n2C1c1ccccc1. The Kier molecular flexibility index (Phi) is 5.42. The maximum absolute atomic E-state index is 13.3. The van der Waals surface area contributed by atoms with Gasteiger partial charge >= 0.3 is 5.97 Å². The molecule has 1 aliphatic rings. The van der Waals surface area contributed by atoms with Crippen molar-refractivity contribution in [2.45, 2.75) is 13.0 Å². The lowest BCUT2D eigenvalue weighted by atomic mass is 9.96. The Morgan fingerprint density at radius 1 is 1.28 bits per heavy atom. The van der Waals surface area contributed by atoms with Crippen LogP contribution in [0, 0.1) is 0 Å². The molecule has 1 aliphatic heterocycles. The molecule has 0 N–H and O–H groups in total. The number of allylic oxidation sites excluding steroid dienone is 1. The molecule has 0 saturated heterocycles. The Morgan fingerprint density at radius 2 is 2.07 bits per heavy atom. The zero-order valence-corrected chi connectivity index (χ0v) is 17.3. The van der Waals surface area contributed by atoms with E-state index in [9.17, 15) is 9.59 Å². The molecule has 0 spiro atoms. The topological polar surface area (TPSA) is 60.7 Å². The second-order valence-electron chi connectivity index (χ2n) is 6.40. The van der Waals surface area contributed by atoms with Gasteiger partial charge in [-0.2, -0.15) is 0 Å². The summed E-state index contributed by atoms with van der Waals surface area (Å²) in [7, 11) is 0. The molecule has 0 fully saturated rings. The van der Waals surface area contributed by atoms with E-state index in [-0.39, 0.29) is 12.2 Å². The molecule has 0 bridgehead atoms. The van der Waals surface area contributed by atoms with Crippen molar-refractivity contribution in [2.75, 3.05) is 6.61 Å². The molecule has 1 aromatic carbocycles. The van der Waals surface area contributed by atoms with E-state index in [0.29, 0.717) is 20.6 Å². The Bertz CT molecular complexity index is 1270. The van der Waals surface area contributed by atoms with Gasteiger partial charge in [-0.25, -0.2) is 9.79 Å². The van der Waals surface area contributed by atoms with E-state index >= 15 is 0 Å². The van der Waals surface area contributed by atoms with E-state index in [4.69, 9.17) is 4.74 Å². The summed E-state index contributed by atoms with van der Waals surface area (Å²) in [4.78, 5) is 32.3. The Balaban J connectivity index is 1.94. The highest BCUT2D eigenvalue weighted by molar-refractivity contribution is 7.11. The summed E-state index contributed by atoms with van der Waals surface area (Å²) in [6.07, 6.45) is 3.38. The summed E-state index contributed by atoms with van der Waals surface area (Å²) in [6.45, 7) is 5.46. The summed E-state index contributed by atoms with van der Waals surface area (Å²) in [5.74, 6) is -0.493. The van der Waals surface area contributed by atoms with Crippen LogP contribution in [0.2, 0.25) is 0 Å². The van der Waals surface area contributed by atoms with Crippen LogP contribution in [0.15, 0.2) is 81.6 Å². The minimum atomic E-state index is -0.588. The molecule has 7 heteroatoms.